The van der Waals surface area contributed by atoms with Gasteiger partial charge in [0.1, 0.15) is 0 Å². The van der Waals surface area contributed by atoms with E-state index < -0.39 is 0 Å². The first kappa shape index (κ1) is 13.3. The number of hydrogen-bond acceptors (Lipinski definition) is 3. The summed E-state index contributed by atoms with van der Waals surface area (Å²) in [6, 6.07) is 8.44. The van der Waals surface area contributed by atoms with Crippen molar-refractivity contribution in [1.29, 1.82) is 0 Å². The summed E-state index contributed by atoms with van der Waals surface area (Å²) in [7, 11) is 6.00. The average molecular weight is 212 g/mol. The van der Waals surface area contributed by atoms with Crippen molar-refractivity contribution in [3.8, 4) is 0 Å². The minimum absolute atomic E-state index is 1.23. The smallest absolute Gasteiger partial charge is 0.0361 e. The zero-order chi connectivity index (χ0) is 11.0. The third kappa shape index (κ3) is 4.53. The van der Waals surface area contributed by atoms with Crippen LogP contribution in [-0.2, 0) is 0 Å². The molecule has 0 heterocycles. The van der Waals surface area contributed by atoms with Crippen LogP contribution < -0.4 is 9.62 Å². The topological polar surface area (TPSA) is 15.3 Å². The van der Waals surface area contributed by atoms with Crippen molar-refractivity contribution in [2.45, 2.75) is 18.7 Å². The first-order valence-corrected chi connectivity index (χ1v) is 5.66. The predicted octanol–water partition coefficient (Wildman–Crippen LogP) is 3.01. The van der Waals surface area contributed by atoms with Crippen LogP contribution in [0.1, 0.15) is 13.8 Å². The number of nitrogens with zero attached hydrogens (tertiary/aromatic N) is 1. The number of anilines is 1. The van der Waals surface area contributed by atoms with Crippen LogP contribution in [0.5, 0.6) is 0 Å². The third-order valence-electron chi connectivity index (χ3n) is 1.57. The van der Waals surface area contributed by atoms with Gasteiger partial charge in [0, 0.05) is 24.7 Å². The highest BCUT2D eigenvalue weighted by Crippen LogP contribution is 2.18. The van der Waals surface area contributed by atoms with Gasteiger partial charge in [-0.2, -0.15) is 0 Å². The largest absolute Gasteiger partial charge is 0.378 e. The molecule has 0 bridgehead atoms. The molecule has 0 aliphatic heterocycles. The molecular formula is C11H20N2S. The van der Waals surface area contributed by atoms with Crippen molar-refractivity contribution >= 4 is 17.6 Å². The second-order valence-corrected chi connectivity index (χ2v) is 3.78. The summed E-state index contributed by atoms with van der Waals surface area (Å²) >= 11 is 1.63. The Kier molecular flexibility index (Phi) is 7.34. The van der Waals surface area contributed by atoms with E-state index in [-0.39, 0.29) is 0 Å². The van der Waals surface area contributed by atoms with E-state index >= 15 is 0 Å². The Hall–Kier alpha value is -0.670. The van der Waals surface area contributed by atoms with Gasteiger partial charge in [-0.05, 0) is 43.3 Å². The van der Waals surface area contributed by atoms with Crippen LogP contribution in [0, 0.1) is 0 Å². The van der Waals surface area contributed by atoms with Gasteiger partial charge in [0.2, 0.25) is 0 Å². The highest BCUT2D eigenvalue weighted by atomic mass is 32.2. The second-order valence-electron chi connectivity index (χ2n) is 2.69. The monoisotopic (exact) mass is 212 g/mol. The van der Waals surface area contributed by atoms with Gasteiger partial charge in [-0.25, -0.2) is 0 Å². The average Bonchev–Trinajstić information content (AvgIpc) is 2.22. The summed E-state index contributed by atoms with van der Waals surface area (Å²) in [4.78, 5) is 3.33. The summed E-state index contributed by atoms with van der Waals surface area (Å²) in [6.45, 7) is 4.00. The SMILES string of the molecule is CC.CNSc1ccc(N(C)C)cc1. The lowest BCUT2D eigenvalue weighted by molar-refractivity contribution is 1.13. The molecule has 3 heteroatoms. The zero-order valence-electron chi connectivity index (χ0n) is 9.66. The van der Waals surface area contributed by atoms with Gasteiger partial charge in [0.15, 0.2) is 0 Å². The summed E-state index contributed by atoms with van der Waals surface area (Å²) in [5.41, 5.74) is 1.23. The quantitative estimate of drug-likeness (QED) is 0.775. The zero-order valence-corrected chi connectivity index (χ0v) is 10.5. The van der Waals surface area contributed by atoms with E-state index in [2.05, 4.69) is 33.9 Å². The highest BCUT2D eigenvalue weighted by molar-refractivity contribution is 7.97. The van der Waals surface area contributed by atoms with E-state index in [1.54, 1.807) is 11.9 Å². The fraction of sp³-hybridized carbons (Fsp3) is 0.455. The molecule has 0 aromatic heterocycles. The molecule has 1 aromatic carbocycles. The molecule has 0 amide bonds. The van der Waals surface area contributed by atoms with E-state index in [9.17, 15) is 0 Å². The maximum atomic E-state index is 3.04. The summed E-state index contributed by atoms with van der Waals surface area (Å²) in [5, 5.41) is 0. The van der Waals surface area contributed by atoms with E-state index in [0.717, 1.165) is 0 Å². The second kappa shape index (κ2) is 7.71. The van der Waals surface area contributed by atoms with Crippen molar-refractivity contribution in [3.63, 3.8) is 0 Å². The molecule has 0 aliphatic rings. The van der Waals surface area contributed by atoms with Crippen molar-refractivity contribution in [1.82, 2.24) is 4.72 Å². The molecule has 0 radical (unpaired) electrons. The van der Waals surface area contributed by atoms with Crippen molar-refractivity contribution in [2.24, 2.45) is 0 Å². The molecular weight excluding hydrogens is 192 g/mol. The molecule has 1 rings (SSSR count). The van der Waals surface area contributed by atoms with Gasteiger partial charge < -0.3 is 4.90 Å². The first-order chi connectivity index (χ1) is 6.74. The molecule has 0 saturated carbocycles. The van der Waals surface area contributed by atoms with Crippen molar-refractivity contribution < 1.29 is 0 Å². The Morgan fingerprint density at radius 1 is 1.07 bits per heavy atom. The molecule has 1 aromatic rings. The molecule has 2 nitrogen and oxygen atoms in total. The van der Waals surface area contributed by atoms with Crippen LogP contribution in [0.25, 0.3) is 0 Å². The first-order valence-electron chi connectivity index (χ1n) is 4.85. The molecule has 0 unspecified atom stereocenters. The molecule has 14 heavy (non-hydrogen) atoms. The Morgan fingerprint density at radius 3 is 1.93 bits per heavy atom. The fourth-order valence-electron chi connectivity index (χ4n) is 0.930. The van der Waals surface area contributed by atoms with Crippen LogP contribution in [0.3, 0.4) is 0 Å². The van der Waals surface area contributed by atoms with Gasteiger partial charge in [0.05, 0.1) is 0 Å². The summed E-state index contributed by atoms with van der Waals surface area (Å²) in [6.07, 6.45) is 0. The molecule has 0 atom stereocenters. The predicted molar refractivity (Wildman–Crippen MR) is 67.0 cm³/mol. The molecule has 0 spiro atoms. The Morgan fingerprint density at radius 2 is 1.57 bits per heavy atom. The fourth-order valence-corrected chi connectivity index (χ4v) is 1.44. The molecule has 0 saturated heterocycles. The highest BCUT2D eigenvalue weighted by Gasteiger charge is 1.94. The third-order valence-corrected chi connectivity index (χ3v) is 2.29. The molecule has 80 valence electrons. The van der Waals surface area contributed by atoms with Gasteiger partial charge in [0.25, 0.3) is 0 Å². The van der Waals surface area contributed by atoms with Gasteiger partial charge >= 0.3 is 0 Å². The van der Waals surface area contributed by atoms with E-state index in [0.29, 0.717) is 0 Å². The molecule has 1 N–H and O–H groups in total. The maximum Gasteiger partial charge on any atom is 0.0361 e. The van der Waals surface area contributed by atoms with Gasteiger partial charge in [-0.15, -0.1) is 0 Å². The van der Waals surface area contributed by atoms with Crippen molar-refractivity contribution in [2.75, 3.05) is 26.0 Å². The van der Waals surface area contributed by atoms with E-state index in [1.165, 1.54) is 10.6 Å². The number of hydrogen-bond donors (Lipinski definition) is 1. The lowest BCUT2D eigenvalue weighted by Crippen LogP contribution is -2.07. The Labute approximate surface area is 91.8 Å². The Balaban J connectivity index is 0.000000791. The Bertz CT molecular complexity index is 232. The molecule has 0 fully saturated rings. The van der Waals surface area contributed by atoms with Crippen molar-refractivity contribution in [3.05, 3.63) is 24.3 Å². The van der Waals surface area contributed by atoms with Crippen LogP contribution in [0.4, 0.5) is 5.69 Å². The summed E-state index contributed by atoms with van der Waals surface area (Å²) < 4.78 is 3.04. The van der Waals surface area contributed by atoms with E-state index in [1.807, 2.05) is 35.0 Å². The lowest BCUT2D eigenvalue weighted by atomic mass is 10.3. The number of benzene rings is 1. The number of rotatable bonds is 3. The van der Waals surface area contributed by atoms with E-state index in [4.69, 9.17) is 0 Å². The van der Waals surface area contributed by atoms with Crippen LogP contribution in [-0.4, -0.2) is 21.1 Å². The van der Waals surface area contributed by atoms with Crippen LogP contribution in [0.2, 0.25) is 0 Å². The lowest BCUT2D eigenvalue weighted by Gasteiger charge is -2.12. The van der Waals surface area contributed by atoms with Gasteiger partial charge in [-0.3, -0.25) is 4.72 Å². The van der Waals surface area contributed by atoms with Gasteiger partial charge in [-0.1, -0.05) is 13.8 Å². The minimum atomic E-state index is 1.23. The van der Waals surface area contributed by atoms with Crippen LogP contribution in [0.15, 0.2) is 29.2 Å². The normalized spacial score (nSPS) is 8.93. The molecule has 0 aliphatic carbocycles. The maximum absolute atomic E-state index is 3.04. The number of nitrogens with one attached hydrogen (secondary N) is 1. The standard InChI is InChI=1S/C9H14N2S.C2H6/c1-10-12-9-6-4-8(5-7-9)11(2)3;1-2/h4-7,10H,1-3H3;1-2H3. The minimum Gasteiger partial charge on any atom is -0.378 e. The van der Waals surface area contributed by atoms with Crippen LogP contribution >= 0.6 is 11.9 Å². The summed E-state index contributed by atoms with van der Waals surface area (Å²) in [5.74, 6) is 0.